The number of nitrogens with zero attached hydrogens (tertiary/aromatic N) is 1. The minimum absolute atomic E-state index is 0.119. The summed E-state index contributed by atoms with van der Waals surface area (Å²) in [5.74, 6) is -1.02. The van der Waals surface area contributed by atoms with Crippen LogP contribution in [-0.4, -0.2) is 74.3 Å². The largest absolute Gasteiger partial charge is 0.452 e. The first kappa shape index (κ1) is 22.4. The van der Waals surface area contributed by atoms with Crippen molar-refractivity contribution in [2.45, 2.75) is 57.3 Å². The molecule has 1 radical (unpaired) electrons. The van der Waals surface area contributed by atoms with Crippen LogP contribution in [0.15, 0.2) is 0 Å². The molecule has 1 aliphatic heterocycles. The lowest BCUT2D eigenvalue weighted by Crippen LogP contribution is -2.46. The molecule has 3 amide bonds. The molecular weight excluding hydrogens is 335 g/mol. The van der Waals surface area contributed by atoms with Gasteiger partial charge in [0, 0.05) is 18.9 Å². The molecule has 9 heteroatoms. The molecule has 8 nitrogen and oxygen atoms in total. The maximum atomic E-state index is 12.0. The molecule has 26 heavy (non-hydrogen) atoms. The van der Waals surface area contributed by atoms with E-state index in [2.05, 4.69) is 16.0 Å². The molecule has 0 bridgehead atoms. The summed E-state index contributed by atoms with van der Waals surface area (Å²) in [5.41, 5.74) is 0. The van der Waals surface area contributed by atoms with E-state index >= 15 is 0 Å². The Morgan fingerprint density at radius 2 is 1.73 bits per heavy atom. The van der Waals surface area contributed by atoms with Gasteiger partial charge in [0.2, 0.25) is 17.7 Å². The van der Waals surface area contributed by atoms with Crippen LogP contribution in [0.5, 0.6) is 0 Å². The Bertz CT molecular complexity index is 450. The number of carbonyl (C=O) groups is 3. The van der Waals surface area contributed by atoms with Gasteiger partial charge in [-0.05, 0) is 39.3 Å². The third-order valence-corrected chi connectivity index (χ3v) is 4.51. The number of nitrogens with one attached hydrogen (secondary N) is 3. The van der Waals surface area contributed by atoms with Crippen molar-refractivity contribution >= 4 is 25.2 Å². The van der Waals surface area contributed by atoms with Crippen LogP contribution in [0.2, 0.25) is 0 Å². The molecule has 0 aromatic rings. The summed E-state index contributed by atoms with van der Waals surface area (Å²) in [4.78, 5) is 37.0. The third kappa shape index (κ3) is 9.19. The van der Waals surface area contributed by atoms with Crippen LogP contribution in [0.4, 0.5) is 0 Å². The van der Waals surface area contributed by atoms with Crippen LogP contribution in [0.1, 0.15) is 51.4 Å². The highest BCUT2D eigenvalue weighted by atomic mass is 16.2. The topological polar surface area (TPSA) is 111 Å². The minimum atomic E-state index is -0.387. The summed E-state index contributed by atoms with van der Waals surface area (Å²) in [6, 6.07) is 0. The highest BCUT2D eigenvalue weighted by Crippen LogP contribution is 2.15. The SMILES string of the molecule is CNCCCCCCCC(=O)NCC(=O)NCC(=O)N1CCC[C@H]1[B]O. The van der Waals surface area contributed by atoms with E-state index in [4.69, 9.17) is 5.02 Å². The Balaban J connectivity index is 2.05. The van der Waals surface area contributed by atoms with E-state index in [1.807, 2.05) is 7.05 Å². The van der Waals surface area contributed by atoms with Gasteiger partial charge in [0.25, 0.3) is 0 Å². The summed E-state index contributed by atoms with van der Waals surface area (Å²) in [5, 5.41) is 17.3. The van der Waals surface area contributed by atoms with E-state index in [-0.39, 0.29) is 36.8 Å². The molecule has 0 aliphatic carbocycles. The lowest BCUT2D eigenvalue weighted by molar-refractivity contribution is -0.132. The van der Waals surface area contributed by atoms with Crippen LogP contribution in [0, 0.1) is 0 Å². The van der Waals surface area contributed by atoms with Gasteiger partial charge in [-0.15, -0.1) is 0 Å². The average Bonchev–Trinajstić information content (AvgIpc) is 3.12. The zero-order chi connectivity index (χ0) is 19.2. The number of rotatable bonds is 13. The average molecular weight is 367 g/mol. The van der Waals surface area contributed by atoms with Gasteiger partial charge in [0.1, 0.15) is 0 Å². The van der Waals surface area contributed by atoms with Crippen molar-refractivity contribution in [1.29, 1.82) is 0 Å². The van der Waals surface area contributed by atoms with Crippen molar-refractivity contribution in [3.8, 4) is 0 Å². The van der Waals surface area contributed by atoms with Gasteiger partial charge < -0.3 is 25.9 Å². The highest BCUT2D eigenvalue weighted by Gasteiger charge is 2.28. The molecule has 0 spiro atoms. The van der Waals surface area contributed by atoms with Crippen LogP contribution in [-0.2, 0) is 14.4 Å². The van der Waals surface area contributed by atoms with Crippen LogP contribution >= 0.6 is 0 Å². The number of hydrogen-bond acceptors (Lipinski definition) is 5. The van der Waals surface area contributed by atoms with E-state index in [1.165, 1.54) is 0 Å². The molecule has 147 valence electrons. The summed E-state index contributed by atoms with van der Waals surface area (Å²) < 4.78 is 0. The van der Waals surface area contributed by atoms with Crippen molar-refractivity contribution in [1.82, 2.24) is 20.9 Å². The number of amides is 3. The smallest absolute Gasteiger partial charge is 0.312 e. The third-order valence-electron chi connectivity index (χ3n) is 4.51. The van der Waals surface area contributed by atoms with Crippen molar-refractivity contribution in [3.63, 3.8) is 0 Å². The Hall–Kier alpha value is -1.61. The van der Waals surface area contributed by atoms with Gasteiger partial charge in [-0.1, -0.05) is 19.3 Å². The molecule has 0 unspecified atom stereocenters. The van der Waals surface area contributed by atoms with Crippen LogP contribution in [0.3, 0.4) is 0 Å². The Labute approximate surface area is 156 Å². The predicted octanol–water partition coefficient (Wildman–Crippen LogP) is -0.661. The van der Waals surface area contributed by atoms with E-state index in [0.717, 1.165) is 59.0 Å². The molecule has 1 rings (SSSR count). The van der Waals surface area contributed by atoms with Gasteiger partial charge in [0.05, 0.1) is 13.1 Å². The van der Waals surface area contributed by atoms with E-state index in [0.29, 0.717) is 13.0 Å². The second-order valence-electron chi connectivity index (χ2n) is 6.62. The lowest BCUT2D eigenvalue weighted by atomic mass is 9.86. The van der Waals surface area contributed by atoms with Crippen molar-refractivity contribution in [2.24, 2.45) is 0 Å². The van der Waals surface area contributed by atoms with Crippen molar-refractivity contribution in [3.05, 3.63) is 0 Å². The molecule has 0 aromatic carbocycles. The van der Waals surface area contributed by atoms with Gasteiger partial charge in [-0.2, -0.15) is 0 Å². The van der Waals surface area contributed by atoms with Crippen LogP contribution in [0.25, 0.3) is 0 Å². The molecule has 1 atom stereocenters. The second-order valence-corrected chi connectivity index (χ2v) is 6.62. The van der Waals surface area contributed by atoms with E-state index < -0.39 is 0 Å². The molecule has 1 heterocycles. The summed E-state index contributed by atoms with van der Waals surface area (Å²) in [6.45, 7) is 1.37. The first-order chi connectivity index (χ1) is 12.6. The standard InChI is InChI=1S/C17H32BN4O4/c1-19-10-6-4-2-3-5-9-15(23)20-12-16(24)21-13-17(25)22-11-7-8-14(22)18-26/h14,19,26H,2-13H2,1H3,(H,20,23)(H,21,24)/t14-/m0/s1. The monoisotopic (exact) mass is 367 g/mol. The Morgan fingerprint density at radius 3 is 2.46 bits per heavy atom. The second kappa shape index (κ2) is 13.6. The summed E-state index contributed by atoms with van der Waals surface area (Å²) >= 11 is 0. The molecule has 1 saturated heterocycles. The van der Waals surface area contributed by atoms with E-state index in [1.54, 1.807) is 4.90 Å². The minimum Gasteiger partial charge on any atom is -0.452 e. The number of likely N-dealkylation sites (tertiary alicyclic amines) is 1. The fraction of sp³-hybridized carbons (Fsp3) is 0.824. The quantitative estimate of drug-likeness (QED) is 0.255. The lowest BCUT2D eigenvalue weighted by Gasteiger charge is -2.22. The van der Waals surface area contributed by atoms with Gasteiger partial charge in [-0.25, -0.2) is 0 Å². The molecule has 0 aromatic heterocycles. The Kier molecular flexibility index (Phi) is 11.7. The number of unbranched alkanes of at least 4 members (excludes halogenated alkanes) is 4. The first-order valence-electron chi connectivity index (χ1n) is 9.53. The number of hydrogen-bond donors (Lipinski definition) is 4. The Morgan fingerprint density at radius 1 is 1.04 bits per heavy atom. The molecule has 4 N–H and O–H groups in total. The first-order valence-corrected chi connectivity index (χ1v) is 9.53. The maximum Gasteiger partial charge on any atom is 0.312 e. The fourth-order valence-electron chi connectivity index (χ4n) is 2.98. The zero-order valence-corrected chi connectivity index (χ0v) is 15.8. The molecule has 1 aliphatic rings. The molecule has 1 fully saturated rings. The summed E-state index contributed by atoms with van der Waals surface area (Å²) in [6.07, 6.45) is 7.24. The van der Waals surface area contributed by atoms with Gasteiger partial charge in [0.15, 0.2) is 0 Å². The van der Waals surface area contributed by atoms with E-state index in [9.17, 15) is 14.4 Å². The molecule has 0 saturated carbocycles. The normalized spacial score (nSPS) is 16.4. The maximum absolute atomic E-state index is 12.0. The van der Waals surface area contributed by atoms with Crippen molar-refractivity contribution < 1.29 is 19.4 Å². The number of carbonyl (C=O) groups excluding carboxylic acids is 3. The molecular formula is C17H32BN4O4. The van der Waals surface area contributed by atoms with Gasteiger partial charge in [-0.3, -0.25) is 14.4 Å². The van der Waals surface area contributed by atoms with Crippen molar-refractivity contribution in [2.75, 3.05) is 33.2 Å². The highest BCUT2D eigenvalue weighted by molar-refractivity contribution is 6.28. The summed E-state index contributed by atoms with van der Waals surface area (Å²) in [7, 11) is 2.96. The van der Waals surface area contributed by atoms with Crippen LogP contribution < -0.4 is 16.0 Å². The fourth-order valence-corrected chi connectivity index (χ4v) is 2.98. The predicted molar refractivity (Wildman–Crippen MR) is 100 cm³/mol. The van der Waals surface area contributed by atoms with Gasteiger partial charge >= 0.3 is 7.48 Å². The zero-order valence-electron chi connectivity index (χ0n) is 15.8.